The second kappa shape index (κ2) is 11.4. The molecule has 0 radical (unpaired) electrons. The maximum atomic E-state index is 13.3. The minimum absolute atomic E-state index is 0. The summed E-state index contributed by atoms with van der Waals surface area (Å²) in [4.78, 5) is 28.2. The van der Waals surface area contributed by atoms with Crippen LogP contribution in [0.4, 0.5) is 0 Å². The van der Waals surface area contributed by atoms with Crippen LogP contribution in [0.3, 0.4) is 0 Å². The number of rotatable bonds is 8. The van der Waals surface area contributed by atoms with E-state index >= 15 is 0 Å². The third kappa shape index (κ3) is 5.34. The van der Waals surface area contributed by atoms with Crippen molar-refractivity contribution >= 4 is 24.2 Å². The molecular formula is C29H50ClNO4. The van der Waals surface area contributed by atoms with Gasteiger partial charge in [-0.15, -0.1) is 12.4 Å². The molecule has 35 heavy (non-hydrogen) atoms. The van der Waals surface area contributed by atoms with E-state index in [0.717, 1.165) is 77.3 Å². The number of hydrogen-bond donors (Lipinski definition) is 1. The van der Waals surface area contributed by atoms with E-state index in [2.05, 4.69) is 32.6 Å². The summed E-state index contributed by atoms with van der Waals surface area (Å²) >= 11 is 0. The van der Waals surface area contributed by atoms with Crippen LogP contribution in [0, 0.1) is 40.4 Å². The topological polar surface area (TPSA) is 66.8 Å². The SMILES string of the molecule is CCCN(CCC)CC(=O)OC1C[C@]2(C)[C@@H](C(C)=O)CC[C@H]2[C@@H]2CCC3CC(O)CC[C@]3(C)[C@@H]12.Cl. The number of carbonyl (C=O) groups excluding carboxylic acids is 2. The molecule has 9 atom stereocenters. The first-order valence-corrected chi connectivity index (χ1v) is 14.2. The highest BCUT2D eigenvalue weighted by Crippen LogP contribution is 2.68. The van der Waals surface area contributed by atoms with Crippen LogP contribution in [0.15, 0.2) is 0 Å². The van der Waals surface area contributed by atoms with Crippen LogP contribution in [0.2, 0.25) is 0 Å². The smallest absolute Gasteiger partial charge is 0.320 e. The first kappa shape index (κ1) is 28.9. The Morgan fingerprint density at radius 2 is 1.69 bits per heavy atom. The van der Waals surface area contributed by atoms with Gasteiger partial charge in [0.05, 0.1) is 12.6 Å². The molecule has 5 nitrogen and oxygen atoms in total. The monoisotopic (exact) mass is 511 g/mol. The summed E-state index contributed by atoms with van der Waals surface area (Å²) < 4.78 is 6.47. The van der Waals surface area contributed by atoms with E-state index in [1.165, 1.54) is 0 Å². The number of aliphatic hydroxyl groups is 1. The Labute approximate surface area is 219 Å². The lowest BCUT2D eigenvalue weighted by atomic mass is 9.43. The van der Waals surface area contributed by atoms with Crippen LogP contribution < -0.4 is 0 Å². The molecule has 0 bridgehead atoms. The van der Waals surface area contributed by atoms with E-state index < -0.39 is 0 Å². The van der Waals surface area contributed by atoms with Crippen LogP contribution in [0.5, 0.6) is 0 Å². The fourth-order valence-electron chi connectivity index (χ4n) is 9.39. The van der Waals surface area contributed by atoms with Gasteiger partial charge in [0.15, 0.2) is 0 Å². The van der Waals surface area contributed by atoms with Crippen molar-refractivity contribution in [3.63, 3.8) is 0 Å². The van der Waals surface area contributed by atoms with Crippen LogP contribution in [0.1, 0.15) is 98.8 Å². The summed E-state index contributed by atoms with van der Waals surface area (Å²) in [5.41, 5.74) is 0.0388. The molecule has 1 N–H and O–H groups in total. The number of fused-ring (bicyclic) bond motifs is 5. The maximum absolute atomic E-state index is 13.3. The second-order valence-corrected chi connectivity index (χ2v) is 12.8. The predicted molar refractivity (Wildman–Crippen MR) is 141 cm³/mol. The van der Waals surface area contributed by atoms with Gasteiger partial charge >= 0.3 is 5.97 Å². The molecule has 4 aliphatic carbocycles. The number of esters is 1. The zero-order valence-corrected chi connectivity index (χ0v) is 23.6. The van der Waals surface area contributed by atoms with Crippen molar-refractivity contribution in [3.8, 4) is 0 Å². The van der Waals surface area contributed by atoms with Crippen molar-refractivity contribution in [2.45, 2.75) is 111 Å². The molecule has 6 heteroatoms. The quantitative estimate of drug-likeness (QED) is 0.426. The van der Waals surface area contributed by atoms with Crippen LogP contribution in [-0.4, -0.2) is 53.6 Å². The van der Waals surface area contributed by atoms with Crippen molar-refractivity contribution in [1.29, 1.82) is 0 Å². The van der Waals surface area contributed by atoms with Gasteiger partial charge in [0, 0.05) is 11.8 Å². The van der Waals surface area contributed by atoms with E-state index in [4.69, 9.17) is 4.74 Å². The van der Waals surface area contributed by atoms with Crippen molar-refractivity contribution in [2.75, 3.05) is 19.6 Å². The van der Waals surface area contributed by atoms with Gasteiger partial charge in [-0.25, -0.2) is 0 Å². The number of ether oxygens (including phenoxy) is 1. The lowest BCUT2D eigenvalue weighted by molar-refractivity contribution is -0.199. The Bertz CT molecular complexity index is 755. The third-order valence-corrected chi connectivity index (χ3v) is 10.8. The predicted octanol–water partition coefficient (Wildman–Crippen LogP) is 5.66. The summed E-state index contributed by atoms with van der Waals surface area (Å²) in [6.45, 7) is 13.0. The maximum Gasteiger partial charge on any atom is 0.320 e. The fourth-order valence-corrected chi connectivity index (χ4v) is 9.39. The number of aliphatic hydroxyl groups excluding tert-OH is 1. The highest BCUT2D eigenvalue weighted by Gasteiger charge is 2.64. The molecule has 202 valence electrons. The third-order valence-electron chi connectivity index (χ3n) is 10.8. The normalized spacial score (nSPS) is 42.4. The Balaban J connectivity index is 0.00000342. The fraction of sp³-hybridized carbons (Fsp3) is 0.931. The van der Waals surface area contributed by atoms with E-state index in [1.54, 1.807) is 6.92 Å². The van der Waals surface area contributed by atoms with Gasteiger partial charge in [-0.2, -0.15) is 0 Å². The van der Waals surface area contributed by atoms with Crippen molar-refractivity contribution in [1.82, 2.24) is 4.90 Å². The van der Waals surface area contributed by atoms with E-state index in [1.807, 2.05) is 0 Å². The molecule has 4 fully saturated rings. The Kier molecular flexibility index (Phi) is 9.41. The lowest BCUT2D eigenvalue weighted by Crippen LogP contribution is -2.60. The Hall–Kier alpha value is -0.650. The van der Waals surface area contributed by atoms with Crippen LogP contribution in [-0.2, 0) is 14.3 Å². The molecular weight excluding hydrogens is 462 g/mol. The summed E-state index contributed by atoms with van der Waals surface area (Å²) in [5.74, 6) is 2.22. The number of ketones is 1. The van der Waals surface area contributed by atoms with Gasteiger partial charge in [-0.05, 0) is 113 Å². The highest BCUT2D eigenvalue weighted by molar-refractivity contribution is 5.85. The summed E-state index contributed by atoms with van der Waals surface area (Å²) in [5, 5.41) is 10.4. The van der Waals surface area contributed by atoms with Gasteiger partial charge in [0.25, 0.3) is 0 Å². The average Bonchev–Trinajstić information content (AvgIpc) is 3.11. The number of nitrogens with zero attached hydrogens (tertiary/aromatic N) is 1. The highest BCUT2D eigenvalue weighted by atomic mass is 35.5. The molecule has 4 saturated carbocycles. The zero-order chi connectivity index (χ0) is 24.7. The molecule has 0 amide bonds. The minimum atomic E-state index is -0.185. The number of Topliss-reactive ketones (excluding diaryl/α,β-unsaturated/α-hetero) is 1. The molecule has 4 rings (SSSR count). The Morgan fingerprint density at radius 1 is 1.00 bits per heavy atom. The van der Waals surface area contributed by atoms with E-state index in [0.29, 0.717) is 36.0 Å². The molecule has 0 aliphatic heterocycles. The number of carbonyl (C=O) groups is 2. The van der Waals surface area contributed by atoms with E-state index in [-0.39, 0.29) is 47.3 Å². The first-order valence-electron chi connectivity index (χ1n) is 14.2. The van der Waals surface area contributed by atoms with Crippen molar-refractivity contribution < 1.29 is 19.4 Å². The summed E-state index contributed by atoms with van der Waals surface area (Å²) in [7, 11) is 0. The van der Waals surface area contributed by atoms with Crippen LogP contribution >= 0.6 is 12.4 Å². The molecule has 4 aliphatic rings. The molecule has 0 aromatic heterocycles. The van der Waals surface area contributed by atoms with Gasteiger partial charge in [0.1, 0.15) is 11.9 Å². The Morgan fingerprint density at radius 3 is 2.31 bits per heavy atom. The summed E-state index contributed by atoms with van der Waals surface area (Å²) in [6.07, 6.45) is 9.77. The van der Waals surface area contributed by atoms with Gasteiger partial charge < -0.3 is 9.84 Å². The second-order valence-electron chi connectivity index (χ2n) is 12.8. The summed E-state index contributed by atoms with van der Waals surface area (Å²) in [6, 6.07) is 0. The molecule has 0 spiro atoms. The lowest BCUT2D eigenvalue weighted by Gasteiger charge is -2.62. The molecule has 0 aromatic carbocycles. The average molecular weight is 512 g/mol. The number of halogens is 1. The van der Waals surface area contributed by atoms with Gasteiger partial charge in [-0.3, -0.25) is 14.5 Å². The molecule has 0 aromatic rings. The van der Waals surface area contributed by atoms with Crippen LogP contribution in [0.25, 0.3) is 0 Å². The largest absolute Gasteiger partial charge is 0.461 e. The standard InChI is InChI=1S/C29H49NO4.ClH/c1-6-14-30(15-7-2)18-26(33)34-25-17-29(5)23(19(3)31)10-11-24(29)22-9-8-20-16-21(32)12-13-28(20,4)27(22)25;/h20-25,27,32H,6-18H2,1-5H3;1H/t20?,21?,22-,23+,24-,25?,27+,28-,29+;/m0./s1. The van der Waals surface area contributed by atoms with Gasteiger partial charge in [0.2, 0.25) is 0 Å². The van der Waals surface area contributed by atoms with Crippen molar-refractivity contribution in [3.05, 3.63) is 0 Å². The molecule has 0 heterocycles. The minimum Gasteiger partial charge on any atom is -0.461 e. The van der Waals surface area contributed by atoms with Crippen molar-refractivity contribution in [2.24, 2.45) is 40.4 Å². The van der Waals surface area contributed by atoms with Gasteiger partial charge in [-0.1, -0.05) is 27.7 Å². The first-order chi connectivity index (χ1) is 16.1. The molecule has 3 unspecified atom stereocenters. The zero-order valence-electron chi connectivity index (χ0n) is 22.8. The van der Waals surface area contributed by atoms with E-state index in [9.17, 15) is 14.7 Å². The number of hydrogen-bond acceptors (Lipinski definition) is 5. The molecule has 0 saturated heterocycles.